The van der Waals surface area contributed by atoms with Gasteiger partial charge < -0.3 is 24.8 Å². The summed E-state index contributed by atoms with van der Waals surface area (Å²) < 4.78 is 8.21. The first-order valence-corrected chi connectivity index (χ1v) is 13.4. The average molecular weight is 591 g/mol. The van der Waals surface area contributed by atoms with Crippen LogP contribution < -0.4 is 15.5 Å². The molecule has 3 heterocycles. The first-order valence-electron chi connectivity index (χ1n) is 12.2. The van der Waals surface area contributed by atoms with Gasteiger partial charge in [-0.05, 0) is 102 Å². The van der Waals surface area contributed by atoms with E-state index >= 15 is 0 Å². The molecule has 0 unspecified atom stereocenters. The Balaban J connectivity index is 1.59. The number of amides is 1. The van der Waals surface area contributed by atoms with E-state index in [1.54, 1.807) is 0 Å². The van der Waals surface area contributed by atoms with Gasteiger partial charge in [-0.15, -0.1) is 0 Å². The lowest BCUT2D eigenvalue weighted by molar-refractivity contribution is -0.119. The molecule has 1 amide bonds. The number of para-hydroxylation sites is 1. The molecule has 0 spiro atoms. The Kier molecular flexibility index (Phi) is 7.60. The predicted molar refractivity (Wildman–Crippen MR) is 158 cm³/mol. The highest BCUT2D eigenvalue weighted by Crippen LogP contribution is 2.44. The standard InChI is InChI=1S/C29H28BrN5O2S/c1-18-16-22(19(2)34(18)25-10-5-4-8-23(25)30)28-27(24-9-6-7-15-31-24)33-29(38)35(28)21-13-11-20(12-14-21)32-26(36)17-37-3/h4-16,27-28H,17H2,1-3H3,(H,32,36)(H,33,38)/t27-,28-/m0/s1. The van der Waals surface area contributed by atoms with Crippen LogP contribution in [0, 0.1) is 13.8 Å². The molecule has 1 saturated heterocycles. The normalized spacial score (nSPS) is 16.9. The second-order valence-corrected chi connectivity index (χ2v) is 10.4. The van der Waals surface area contributed by atoms with Crippen molar-refractivity contribution < 1.29 is 9.53 Å². The minimum absolute atomic E-state index is 0.00284. The molecule has 1 aliphatic heterocycles. The summed E-state index contributed by atoms with van der Waals surface area (Å²) in [5.74, 6) is -0.203. The number of nitrogens with one attached hydrogen (secondary N) is 2. The average Bonchev–Trinajstić information content (AvgIpc) is 3.40. The number of thiocarbonyl (C=S) groups is 1. The molecule has 2 aromatic heterocycles. The van der Waals surface area contributed by atoms with Crippen LogP contribution in [-0.4, -0.2) is 34.3 Å². The van der Waals surface area contributed by atoms with E-state index in [-0.39, 0.29) is 24.6 Å². The van der Waals surface area contributed by atoms with Crippen LogP contribution in [0.25, 0.3) is 5.69 Å². The number of carbonyl (C=O) groups is 1. The third-order valence-corrected chi connectivity index (χ3v) is 7.67. The van der Waals surface area contributed by atoms with Crippen LogP contribution in [0.15, 0.2) is 83.5 Å². The molecule has 0 radical (unpaired) electrons. The Morgan fingerprint density at radius 2 is 1.84 bits per heavy atom. The lowest BCUT2D eigenvalue weighted by Crippen LogP contribution is -2.29. The number of aromatic nitrogens is 2. The lowest BCUT2D eigenvalue weighted by Gasteiger charge is -2.28. The number of benzene rings is 2. The van der Waals surface area contributed by atoms with E-state index in [9.17, 15) is 4.79 Å². The maximum atomic E-state index is 12.0. The second kappa shape index (κ2) is 11.1. The summed E-state index contributed by atoms with van der Waals surface area (Å²) in [6.07, 6.45) is 1.81. The topological polar surface area (TPSA) is 71.4 Å². The highest BCUT2D eigenvalue weighted by Gasteiger charge is 2.42. The number of hydrogen-bond acceptors (Lipinski definition) is 4. The fourth-order valence-electron chi connectivity index (χ4n) is 5.07. The fourth-order valence-corrected chi connectivity index (χ4v) is 5.88. The summed E-state index contributed by atoms with van der Waals surface area (Å²) >= 11 is 9.62. The van der Waals surface area contributed by atoms with Crippen molar-refractivity contribution in [2.45, 2.75) is 25.9 Å². The summed E-state index contributed by atoms with van der Waals surface area (Å²) in [4.78, 5) is 18.8. The van der Waals surface area contributed by atoms with Crippen molar-refractivity contribution in [3.8, 4) is 5.69 Å². The molecule has 2 atom stereocenters. The number of hydrogen-bond donors (Lipinski definition) is 2. The van der Waals surface area contributed by atoms with Crippen molar-refractivity contribution in [3.05, 3.63) is 106 Å². The van der Waals surface area contributed by atoms with Gasteiger partial charge in [-0.1, -0.05) is 18.2 Å². The number of nitrogens with zero attached hydrogens (tertiary/aromatic N) is 3. The Morgan fingerprint density at radius 1 is 1.11 bits per heavy atom. The van der Waals surface area contributed by atoms with E-state index < -0.39 is 0 Å². The van der Waals surface area contributed by atoms with Gasteiger partial charge in [-0.3, -0.25) is 9.78 Å². The van der Waals surface area contributed by atoms with Gasteiger partial charge in [0.05, 0.1) is 23.5 Å². The molecule has 194 valence electrons. The van der Waals surface area contributed by atoms with Gasteiger partial charge in [-0.2, -0.15) is 0 Å². The minimum Gasteiger partial charge on any atom is -0.375 e. The molecular weight excluding hydrogens is 562 g/mol. The first kappa shape index (κ1) is 26.1. The van der Waals surface area contributed by atoms with E-state index in [1.807, 2.05) is 60.8 Å². The van der Waals surface area contributed by atoms with Crippen LogP contribution >= 0.6 is 28.1 Å². The van der Waals surface area contributed by atoms with Crippen LogP contribution in [0.3, 0.4) is 0 Å². The van der Waals surface area contributed by atoms with Gasteiger partial charge >= 0.3 is 0 Å². The lowest BCUT2D eigenvalue weighted by atomic mass is 9.96. The molecule has 1 aliphatic rings. The van der Waals surface area contributed by atoms with Crippen molar-refractivity contribution in [2.24, 2.45) is 0 Å². The van der Waals surface area contributed by atoms with Crippen LogP contribution in [-0.2, 0) is 9.53 Å². The second-order valence-electron chi connectivity index (χ2n) is 9.14. The number of pyridine rings is 1. The Bertz CT molecular complexity index is 1470. The minimum atomic E-state index is -0.203. The predicted octanol–water partition coefficient (Wildman–Crippen LogP) is 6.01. The van der Waals surface area contributed by atoms with Crippen molar-refractivity contribution in [3.63, 3.8) is 0 Å². The Hall–Kier alpha value is -3.53. The summed E-state index contributed by atoms with van der Waals surface area (Å²) in [6.45, 7) is 4.27. The zero-order chi connectivity index (χ0) is 26.8. The first-order chi connectivity index (χ1) is 18.4. The van der Waals surface area contributed by atoms with E-state index in [0.29, 0.717) is 10.8 Å². The summed E-state index contributed by atoms with van der Waals surface area (Å²) in [5.41, 5.74) is 7.01. The molecule has 4 aromatic rings. The molecule has 0 bridgehead atoms. The third kappa shape index (κ3) is 4.97. The van der Waals surface area contributed by atoms with Gasteiger partial charge in [0.1, 0.15) is 6.61 Å². The molecule has 2 N–H and O–H groups in total. The number of ether oxygens (including phenoxy) is 1. The van der Waals surface area contributed by atoms with E-state index in [2.05, 4.69) is 73.1 Å². The maximum Gasteiger partial charge on any atom is 0.250 e. The summed E-state index contributed by atoms with van der Waals surface area (Å²) in [7, 11) is 1.50. The van der Waals surface area contributed by atoms with Gasteiger partial charge in [0.2, 0.25) is 5.91 Å². The van der Waals surface area contributed by atoms with E-state index in [1.165, 1.54) is 7.11 Å². The Morgan fingerprint density at radius 3 is 2.53 bits per heavy atom. The van der Waals surface area contributed by atoms with Gasteiger partial charge in [0.25, 0.3) is 0 Å². The van der Waals surface area contributed by atoms with Crippen molar-refractivity contribution >= 4 is 50.5 Å². The zero-order valence-electron chi connectivity index (χ0n) is 21.3. The van der Waals surface area contributed by atoms with Crippen LogP contribution in [0.2, 0.25) is 0 Å². The highest BCUT2D eigenvalue weighted by atomic mass is 79.9. The number of anilines is 2. The van der Waals surface area contributed by atoms with Crippen LogP contribution in [0.5, 0.6) is 0 Å². The molecule has 1 fully saturated rings. The quantitative estimate of drug-likeness (QED) is 0.257. The maximum absolute atomic E-state index is 12.0. The molecule has 2 aromatic carbocycles. The molecule has 5 rings (SSSR count). The van der Waals surface area contributed by atoms with Crippen molar-refractivity contribution in [1.29, 1.82) is 0 Å². The number of aryl methyl sites for hydroxylation is 1. The van der Waals surface area contributed by atoms with Crippen LogP contribution in [0.4, 0.5) is 11.4 Å². The van der Waals surface area contributed by atoms with Crippen LogP contribution in [0.1, 0.15) is 34.7 Å². The summed E-state index contributed by atoms with van der Waals surface area (Å²) in [5, 5.41) is 6.99. The van der Waals surface area contributed by atoms with E-state index in [4.69, 9.17) is 17.0 Å². The van der Waals surface area contributed by atoms with Crippen molar-refractivity contribution in [2.75, 3.05) is 23.9 Å². The SMILES string of the molecule is COCC(=O)Nc1ccc(N2C(=S)N[C@@H](c3ccccn3)[C@@H]2c2cc(C)n(-c3ccccc3Br)c2C)cc1. The smallest absolute Gasteiger partial charge is 0.250 e. The number of methoxy groups -OCH3 is 1. The largest absolute Gasteiger partial charge is 0.375 e. The number of rotatable bonds is 7. The fraction of sp³-hybridized carbons (Fsp3) is 0.207. The van der Waals surface area contributed by atoms with Gasteiger partial charge in [0.15, 0.2) is 5.11 Å². The zero-order valence-corrected chi connectivity index (χ0v) is 23.7. The van der Waals surface area contributed by atoms with Gasteiger partial charge in [-0.25, -0.2) is 0 Å². The Labute approximate surface area is 236 Å². The number of halogens is 1. The molecule has 9 heteroatoms. The monoisotopic (exact) mass is 589 g/mol. The van der Waals surface area contributed by atoms with E-state index in [0.717, 1.165) is 38.5 Å². The molecule has 7 nitrogen and oxygen atoms in total. The highest BCUT2D eigenvalue weighted by molar-refractivity contribution is 9.10. The third-order valence-electron chi connectivity index (χ3n) is 6.69. The molecule has 38 heavy (non-hydrogen) atoms. The van der Waals surface area contributed by atoms with Gasteiger partial charge in [0, 0.05) is 40.5 Å². The summed E-state index contributed by atoms with van der Waals surface area (Å²) in [6, 6.07) is 23.8. The molecular formula is C29H28BrN5O2S. The number of carbonyl (C=O) groups excluding carboxylic acids is 1. The molecule has 0 aliphatic carbocycles. The van der Waals surface area contributed by atoms with Crippen molar-refractivity contribution in [1.82, 2.24) is 14.9 Å². The molecule has 0 saturated carbocycles.